The van der Waals surface area contributed by atoms with Crippen LogP contribution in [0.1, 0.15) is 22.3 Å². The SMILES string of the molecule is OCC1=Cc2ccccc2C(c2ccccc2)(c2ccccc2)N1. The zero-order chi connectivity index (χ0) is 16.4. The molecule has 0 atom stereocenters. The zero-order valence-electron chi connectivity index (χ0n) is 13.3. The number of fused-ring (bicyclic) bond motifs is 1. The van der Waals surface area contributed by atoms with E-state index in [0.29, 0.717) is 0 Å². The van der Waals surface area contributed by atoms with E-state index in [1.165, 1.54) is 5.56 Å². The molecule has 0 spiro atoms. The topological polar surface area (TPSA) is 32.3 Å². The first-order valence-electron chi connectivity index (χ1n) is 8.15. The fraction of sp³-hybridized carbons (Fsp3) is 0.0909. The first-order valence-corrected chi connectivity index (χ1v) is 8.15. The average Bonchev–Trinajstić information content (AvgIpc) is 2.68. The first-order chi connectivity index (χ1) is 11.8. The lowest BCUT2D eigenvalue weighted by Gasteiger charge is -2.41. The van der Waals surface area contributed by atoms with E-state index in [4.69, 9.17) is 0 Å². The van der Waals surface area contributed by atoms with Crippen LogP contribution in [-0.4, -0.2) is 11.7 Å². The molecule has 4 rings (SSSR count). The molecule has 2 heteroatoms. The molecule has 0 amide bonds. The van der Waals surface area contributed by atoms with Crippen molar-refractivity contribution < 1.29 is 5.11 Å². The standard InChI is InChI=1S/C22H19NO/c24-16-20-15-17-9-7-8-14-21(17)22(23-20,18-10-3-1-4-11-18)19-12-5-2-6-13-19/h1-15,23-24H,16H2. The third kappa shape index (κ3) is 2.24. The largest absolute Gasteiger partial charge is 0.390 e. The van der Waals surface area contributed by atoms with Crippen molar-refractivity contribution in [3.63, 3.8) is 0 Å². The molecule has 0 saturated carbocycles. The Labute approximate surface area is 142 Å². The molecular weight excluding hydrogens is 294 g/mol. The number of nitrogens with one attached hydrogen (secondary N) is 1. The molecule has 0 aromatic heterocycles. The minimum absolute atomic E-state index is 0.0181. The lowest BCUT2D eigenvalue weighted by atomic mass is 9.73. The normalized spacial score (nSPS) is 15.1. The smallest absolute Gasteiger partial charge is 0.114 e. The molecular formula is C22H19NO. The van der Waals surface area contributed by atoms with E-state index in [-0.39, 0.29) is 6.61 Å². The van der Waals surface area contributed by atoms with Crippen LogP contribution in [0.3, 0.4) is 0 Å². The quantitative estimate of drug-likeness (QED) is 0.768. The van der Waals surface area contributed by atoms with Crippen molar-refractivity contribution in [1.29, 1.82) is 0 Å². The van der Waals surface area contributed by atoms with Gasteiger partial charge in [-0.15, -0.1) is 0 Å². The summed E-state index contributed by atoms with van der Waals surface area (Å²) in [5.41, 5.74) is 4.95. The third-order valence-corrected chi connectivity index (χ3v) is 4.63. The molecule has 0 bridgehead atoms. The summed E-state index contributed by atoms with van der Waals surface area (Å²) in [6.45, 7) is -0.0181. The van der Waals surface area contributed by atoms with Crippen LogP contribution >= 0.6 is 0 Å². The molecule has 1 heterocycles. The summed E-state index contributed by atoms with van der Waals surface area (Å²) < 4.78 is 0. The van der Waals surface area contributed by atoms with Crippen LogP contribution in [0, 0.1) is 0 Å². The van der Waals surface area contributed by atoms with Gasteiger partial charge in [0, 0.05) is 5.70 Å². The lowest BCUT2D eigenvalue weighted by Crippen LogP contribution is -2.47. The molecule has 24 heavy (non-hydrogen) atoms. The van der Waals surface area contributed by atoms with Crippen LogP contribution in [0.25, 0.3) is 6.08 Å². The summed E-state index contributed by atoms with van der Waals surface area (Å²) in [7, 11) is 0. The fourth-order valence-corrected chi connectivity index (χ4v) is 3.58. The van der Waals surface area contributed by atoms with Crippen molar-refractivity contribution >= 4 is 6.08 Å². The van der Waals surface area contributed by atoms with Gasteiger partial charge < -0.3 is 10.4 Å². The highest BCUT2D eigenvalue weighted by molar-refractivity contribution is 5.67. The van der Waals surface area contributed by atoms with Crippen molar-refractivity contribution in [3.05, 3.63) is 113 Å². The monoisotopic (exact) mass is 313 g/mol. The van der Waals surface area contributed by atoms with Crippen LogP contribution in [0.15, 0.2) is 90.6 Å². The van der Waals surface area contributed by atoms with Gasteiger partial charge in [0.25, 0.3) is 0 Å². The Bertz CT molecular complexity index is 829. The van der Waals surface area contributed by atoms with Crippen molar-refractivity contribution in [2.75, 3.05) is 6.61 Å². The molecule has 3 aromatic rings. The highest BCUT2D eigenvalue weighted by Crippen LogP contribution is 2.42. The maximum absolute atomic E-state index is 9.81. The maximum atomic E-state index is 9.81. The number of aliphatic hydroxyl groups is 1. The Morgan fingerprint density at radius 3 is 1.83 bits per heavy atom. The van der Waals surface area contributed by atoms with E-state index < -0.39 is 5.54 Å². The highest BCUT2D eigenvalue weighted by Gasteiger charge is 2.39. The summed E-state index contributed by atoms with van der Waals surface area (Å²) in [6.07, 6.45) is 2.03. The lowest BCUT2D eigenvalue weighted by molar-refractivity contribution is 0.311. The molecule has 0 radical (unpaired) electrons. The van der Waals surface area contributed by atoms with E-state index in [1.54, 1.807) is 0 Å². The van der Waals surface area contributed by atoms with Gasteiger partial charge in [-0.05, 0) is 28.3 Å². The summed E-state index contributed by atoms with van der Waals surface area (Å²) in [5, 5.41) is 13.4. The number of hydrogen-bond acceptors (Lipinski definition) is 2. The van der Waals surface area contributed by atoms with Crippen molar-refractivity contribution in [3.8, 4) is 0 Å². The van der Waals surface area contributed by atoms with Crippen molar-refractivity contribution in [2.24, 2.45) is 0 Å². The molecule has 0 saturated heterocycles. The van der Waals surface area contributed by atoms with Gasteiger partial charge >= 0.3 is 0 Å². The third-order valence-electron chi connectivity index (χ3n) is 4.63. The summed E-state index contributed by atoms with van der Waals surface area (Å²) in [4.78, 5) is 0. The summed E-state index contributed by atoms with van der Waals surface area (Å²) in [5.74, 6) is 0. The molecule has 2 N–H and O–H groups in total. The maximum Gasteiger partial charge on any atom is 0.114 e. The second-order valence-electron chi connectivity index (χ2n) is 6.02. The number of rotatable bonds is 3. The van der Waals surface area contributed by atoms with Gasteiger partial charge in [0.2, 0.25) is 0 Å². The number of hydrogen-bond donors (Lipinski definition) is 2. The molecule has 1 aliphatic rings. The minimum Gasteiger partial charge on any atom is -0.390 e. The highest BCUT2D eigenvalue weighted by atomic mass is 16.3. The Kier molecular flexibility index (Phi) is 3.68. The average molecular weight is 313 g/mol. The molecule has 0 aliphatic carbocycles. The Balaban J connectivity index is 2.06. The summed E-state index contributed by atoms with van der Waals surface area (Å²) >= 11 is 0. The van der Waals surface area contributed by atoms with Crippen molar-refractivity contribution in [1.82, 2.24) is 5.32 Å². The van der Waals surface area contributed by atoms with E-state index in [1.807, 2.05) is 24.3 Å². The van der Waals surface area contributed by atoms with Crippen LogP contribution in [-0.2, 0) is 5.54 Å². The van der Waals surface area contributed by atoms with Gasteiger partial charge in [-0.3, -0.25) is 0 Å². The van der Waals surface area contributed by atoms with Gasteiger partial charge in [-0.2, -0.15) is 0 Å². The van der Waals surface area contributed by atoms with Gasteiger partial charge in [0.1, 0.15) is 5.54 Å². The first kappa shape index (κ1) is 14.7. The van der Waals surface area contributed by atoms with Crippen LogP contribution in [0.2, 0.25) is 0 Å². The second kappa shape index (κ2) is 5.99. The summed E-state index contributed by atoms with van der Waals surface area (Å²) in [6, 6.07) is 29.2. The van der Waals surface area contributed by atoms with E-state index in [2.05, 4.69) is 72.0 Å². The Morgan fingerprint density at radius 2 is 1.25 bits per heavy atom. The van der Waals surface area contributed by atoms with Crippen LogP contribution in [0.5, 0.6) is 0 Å². The molecule has 0 fully saturated rings. The van der Waals surface area contributed by atoms with Crippen LogP contribution in [0.4, 0.5) is 0 Å². The second-order valence-corrected chi connectivity index (χ2v) is 6.02. The molecule has 118 valence electrons. The molecule has 0 unspecified atom stereocenters. The van der Waals surface area contributed by atoms with Gasteiger partial charge in [0.05, 0.1) is 6.61 Å². The predicted octanol–water partition coefficient (Wildman–Crippen LogP) is 3.91. The minimum atomic E-state index is -0.508. The van der Waals surface area contributed by atoms with Gasteiger partial charge in [-0.1, -0.05) is 84.9 Å². The molecule has 1 aliphatic heterocycles. The molecule has 2 nitrogen and oxygen atoms in total. The van der Waals surface area contributed by atoms with E-state index in [0.717, 1.165) is 22.4 Å². The van der Waals surface area contributed by atoms with E-state index in [9.17, 15) is 5.11 Å². The Hall–Kier alpha value is -2.84. The number of benzene rings is 3. The fourth-order valence-electron chi connectivity index (χ4n) is 3.58. The zero-order valence-corrected chi connectivity index (χ0v) is 13.3. The van der Waals surface area contributed by atoms with Gasteiger partial charge in [0.15, 0.2) is 0 Å². The van der Waals surface area contributed by atoms with Crippen molar-refractivity contribution in [2.45, 2.75) is 5.54 Å². The molecule has 3 aromatic carbocycles. The Morgan fingerprint density at radius 1 is 0.708 bits per heavy atom. The van der Waals surface area contributed by atoms with Crippen LogP contribution < -0.4 is 5.32 Å². The van der Waals surface area contributed by atoms with Gasteiger partial charge in [-0.25, -0.2) is 0 Å². The number of aliphatic hydroxyl groups excluding tert-OH is 1. The predicted molar refractivity (Wildman–Crippen MR) is 97.4 cm³/mol. The van der Waals surface area contributed by atoms with E-state index >= 15 is 0 Å².